The van der Waals surface area contributed by atoms with E-state index in [4.69, 9.17) is 4.74 Å². The molecule has 0 bridgehead atoms. The van der Waals surface area contributed by atoms with E-state index in [0.29, 0.717) is 0 Å². The minimum atomic E-state index is -0.376. The number of benzene rings is 4. The number of likely N-dealkylation sites (N-methyl/N-ethyl adjacent to an activating group) is 2. The fourth-order valence-electron chi connectivity index (χ4n) is 6.07. The Morgan fingerprint density at radius 1 is 0.822 bits per heavy atom. The predicted molar refractivity (Wildman–Crippen MR) is 180 cm³/mol. The van der Waals surface area contributed by atoms with Gasteiger partial charge >= 0.3 is 6.09 Å². The predicted octanol–water partition coefficient (Wildman–Crippen LogP) is 4.15. The zero-order valence-corrected chi connectivity index (χ0v) is 27.4. The Bertz CT molecular complexity index is 1430. The van der Waals surface area contributed by atoms with Gasteiger partial charge in [0.25, 0.3) is 0 Å². The maximum atomic E-state index is 12.9. The summed E-state index contributed by atoms with van der Waals surface area (Å²) in [6.07, 6.45) is 1.27. The summed E-state index contributed by atoms with van der Waals surface area (Å²) in [4.78, 5) is 17.8. The normalized spacial score (nSPS) is 15.2. The summed E-state index contributed by atoms with van der Waals surface area (Å²) in [5, 5.41) is 2.99. The van der Waals surface area contributed by atoms with Gasteiger partial charge in [0, 0.05) is 43.9 Å². The number of nitrogens with zero attached hydrogens (tertiary/aromatic N) is 3. The van der Waals surface area contributed by atoms with E-state index in [-0.39, 0.29) is 24.6 Å². The smallest absolute Gasteiger partial charge is 0.411 e. The average Bonchev–Trinajstić information content (AvgIpc) is 3.05. The molecule has 1 atom stereocenters. The number of anilines is 1. The third-order valence-corrected chi connectivity index (χ3v) is 8.74. The molecule has 45 heavy (non-hydrogen) atoms. The van der Waals surface area contributed by atoms with Crippen molar-refractivity contribution in [1.82, 2.24) is 9.80 Å². The summed E-state index contributed by atoms with van der Waals surface area (Å²) in [5.74, 6) is 0. The SMILES string of the molecule is CN(CC[N+](C)(CCN1CCC(OC(=O)Nc2ccccc2-c2ccccc2)CC1)Cc1ccccc1)Cc1ccccc1.[Cl-]. The number of likely N-dealkylation sites (tertiary alicyclic amines) is 1. The van der Waals surface area contributed by atoms with Crippen molar-refractivity contribution in [1.29, 1.82) is 0 Å². The number of hydrogen-bond acceptors (Lipinski definition) is 4. The van der Waals surface area contributed by atoms with Gasteiger partial charge in [0.2, 0.25) is 0 Å². The number of para-hydroxylation sites is 1. The van der Waals surface area contributed by atoms with Gasteiger partial charge in [0.1, 0.15) is 12.6 Å². The fourth-order valence-corrected chi connectivity index (χ4v) is 6.07. The lowest BCUT2D eigenvalue weighted by molar-refractivity contribution is -0.921. The molecule has 1 amide bonds. The Kier molecular flexibility index (Phi) is 13.0. The number of ether oxygens (including phenoxy) is 1. The van der Waals surface area contributed by atoms with Crippen LogP contribution in [0, 0.1) is 0 Å². The standard InChI is InChI=1S/C38H46N4O2.ClH/c1-40(30-32-14-6-3-7-15-32)26-28-42(2,31-33-16-8-4-9-17-33)29-27-41-24-22-35(23-25-41)44-38(43)39-37-21-13-12-20-36(37)34-18-10-5-11-19-34;/h3-21,35H,22-31H2,1-2H3;1H. The van der Waals surface area contributed by atoms with E-state index in [1.165, 1.54) is 11.1 Å². The summed E-state index contributed by atoms with van der Waals surface area (Å²) < 4.78 is 6.88. The number of piperidine rings is 1. The van der Waals surface area contributed by atoms with Crippen molar-refractivity contribution in [2.45, 2.75) is 32.0 Å². The second-order valence-electron chi connectivity index (χ2n) is 12.4. The van der Waals surface area contributed by atoms with Gasteiger partial charge < -0.3 is 21.6 Å². The van der Waals surface area contributed by atoms with E-state index in [2.05, 4.69) is 89.9 Å². The molecule has 0 aliphatic carbocycles. The average molecular weight is 627 g/mol. The third kappa shape index (κ3) is 10.7. The molecular weight excluding hydrogens is 580 g/mol. The van der Waals surface area contributed by atoms with Crippen LogP contribution in [-0.2, 0) is 17.8 Å². The van der Waals surface area contributed by atoms with Crippen molar-refractivity contribution in [3.63, 3.8) is 0 Å². The van der Waals surface area contributed by atoms with Crippen molar-refractivity contribution in [2.24, 2.45) is 0 Å². The quantitative estimate of drug-likeness (QED) is 0.227. The molecule has 1 aliphatic rings. The van der Waals surface area contributed by atoms with Gasteiger partial charge in [-0.05, 0) is 37.1 Å². The first kappa shape index (κ1) is 34.2. The zero-order chi connectivity index (χ0) is 30.6. The number of carbonyl (C=O) groups excluding carboxylic acids is 1. The van der Waals surface area contributed by atoms with Crippen LogP contribution in [0.2, 0.25) is 0 Å². The van der Waals surface area contributed by atoms with Gasteiger partial charge in [-0.3, -0.25) is 15.1 Å². The second-order valence-corrected chi connectivity index (χ2v) is 12.4. The second kappa shape index (κ2) is 17.1. The lowest BCUT2D eigenvalue weighted by atomic mass is 10.0. The highest BCUT2D eigenvalue weighted by molar-refractivity contribution is 5.91. The van der Waals surface area contributed by atoms with Crippen LogP contribution in [0.1, 0.15) is 24.0 Å². The number of quaternary nitrogens is 1. The van der Waals surface area contributed by atoms with Crippen LogP contribution in [0.3, 0.4) is 0 Å². The molecule has 238 valence electrons. The third-order valence-electron chi connectivity index (χ3n) is 8.74. The highest BCUT2D eigenvalue weighted by atomic mass is 35.5. The molecule has 1 saturated heterocycles. The summed E-state index contributed by atoms with van der Waals surface area (Å²) in [7, 11) is 4.62. The van der Waals surface area contributed by atoms with Crippen LogP contribution >= 0.6 is 0 Å². The summed E-state index contributed by atoms with van der Waals surface area (Å²) in [6, 6.07) is 39.6. The van der Waals surface area contributed by atoms with Gasteiger partial charge in [-0.15, -0.1) is 0 Å². The first-order valence-corrected chi connectivity index (χ1v) is 15.9. The molecule has 1 unspecified atom stereocenters. The van der Waals surface area contributed by atoms with Crippen molar-refractivity contribution < 1.29 is 26.4 Å². The Morgan fingerprint density at radius 2 is 1.40 bits per heavy atom. The van der Waals surface area contributed by atoms with Crippen molar-refractivity contribution in [3.8, 4) is 11.1 Å². The molecule has 1 N–H and O–H groups in total. The molecule has 0 saturated carbocycles. The van der Waals surface area contributed by atoms with Crippen molar-refractivity contribution >= 4 is 11.8 Å². The number of amides is 1. The number of halogens is 1. The molecule has 6 nitrogen and oxygen atoms in total. The summed E-state index contributed by atoms with van der Waals surface area (Å²) in [5.41, 5.74) is 5.56. The molecule has 1 fully saturated rings. The first-order valence-electron chi connectivity index (χ1n) is 15.9. The number of hydrogen-bond donors (Lipinski definition) is 1. The maximum Gasteiger partial charge on any atom is 0.411 e. The molecule has 1 aliphatic heterocycles. The van der Waals surface area contributed by atoms with E-state index >= 15 is 0 Å². The van der Waals surface area contributed by atoms with Gasteiger partial charge in [-0.2, -0.15) is 0 Å². The van der Waals surface area contributed by atoms with Crippen molar-refractivity contribution in [3.05, 3.63) is 126 Å². The Balaban J connectivity index is 0.00000461. The fraction of sp³-hybridized carbons (Fsp3) is 0.342. The molecule has 0 spiro atoms. The molecule has 0 radical (unpaired) electrons. The molecular formula is C38H47ClN4O2. The van der Waals surface area contributed by atoms with Crippen LogP contribution in [0.25, 0.3) is 11.1 Å². The van der Waals surface area contributed by atoms with Gasteiger partial charge in [0.15, 0.2) is 0 Å². The Morgan fingerprint density at radius 3 is 2.07 bits per heavy atom. The first-order chi connectivity index (χ1) is 21.5. The van der Waals surface area contributed by atoms with Crippen molar-refractivity contribution in [2.75, 3.05) is 58.7 Å². The molecule has 1 heterocycles. The number of carbonyl (C=O) groups is 1. The Labute approximate surface area is 275 Å². The van der Waals surface area contributed by atoms with Gasteiger partial charge in [-0.1, -0.05) is 109 Å². The van der Waals surface area contributed by atoms with Crippen LogP contribution in [0.15, 0.2) is 115 Å². The monoisotopic (exact) mass is 626 g/mol. The highest BCUT2D eigenvalue weighted by Crippen LogP contribution is 2.28. The highest BCUT2D eigenvalue weighted by Gasteiger charge is 2.27. The topological polar surface area (TPSA) is 44.8 Å². The Hall–Kier alpha value is -3.68. The minimum absolute atomic E-state index is 0. The summed E-state index contributed by atoms with van der Waals surface area (Å²) in [6.45, 7) is 8.11. The number of nitrogens with one attached hydrogen (secondary N) is 1. The molecule has 7 heteroatoms. The maximum absolute atomic E-state index is 12.9. The van der Waals surface area contributed by atoms with Gasteiger partial charge in [0.05, 0.1) is 25.8 Å². The zero-order valence-electron chi connectivity index (χ0n) is 26.7. The lowest BCUT2D eigenvalue weighted by Gasteiger charge is -2.39. The number of rotatable bonds is 13. The van der Waals surface area contributed by atoms with Crippen LogP contribution in [-0.4, -0.2) is 79.8 Å². The van der Waals surface area contributed by atoms with E-state index in [0.717, 1.165) is 86.5 Å². The van der Waals surface area contributed by atoms with Gasteiger partial charge in [-0.25, -0.2) is 4.79 Å². The van der Waals surface area contributed by atoms with E-state index in [9.17, 15) is 4.79 Å². The lowest BCUT2D eigenvalue weighted by Crippen LogP contribution is -3.00. The van der Waals surface area contributed by atoms with E-state index in [1.807, 2.05) is 54.6 Å². The molecule has 5 rings (SSSR count). The van der Waals surface area contributed by atoms with E-state index < -0.39 is 0 Å². The van der Waals surface area contributed by atoms with E-state index in [1.54, 1.807) is 0 Å². The molecule has 4 aromatic rings. The largest absolute Gasteiger partial charge is 1.00 e. The summed E-state index contributed by atoms with van der Waals surface area (Å²) >= 11 is 0. The van der Waals surface area contributed by atoms with Crippen LogP contribution in [0.5, 0.6) is 0 Å². The van der Waals surface area contributed by atoms with Crippen LogP contribution in [0.4, 0.5) is 10.5 Å². The minimum Gasteiger partial charge on any atom is -1.00 e. The van der Waals surface area contributed by atoms with Crippen LogP contribution < -0.4 is 17.7 Å². The molecule has 0 aromatic heterocycles. The molecule has 4 aromatic carbocycles.